The second-order valence-electron chi connectivity index (χ2n) is 6.10. The number of nitrogens with zero attached hydrogens (tertiary/aromatic N) is 1. The van der Waals surface area contributed by atoms with E-state index < -0.39 is 0 Å². The molecule has 0 aromatic heterocycles. The second kappa shape index (κ2) is 6.37. The van der Waals surface area contributed by atoms with Crippen LogP contribution in [0.5, 0.6) is 0 Å². The third-order valence-corrected chi connectivity index (χ3v) is 5.01. The zero-order valence-corrected chi connectivity index (χ0v) is 15.3. The number of anilines is 2. The highest BCUT2D eigenvalue weighted by Gasteiger charge is 2.38. The van der Waals surface area contributed by atoms with Gasteiger partial charge in [-0.2, -0.15) is 0 Å². The third-order valence-electron chi connectivity index (χ3n) is 4.49. The van der Waals surface area contributed by atoms with Crippen molar-refractivity contribution in [1.82, 2.24) is 0 Å². The van der Waals surface area contributed by atoms with Crippen LogP contribution in [0.4, 0.5) is 11.4 Å². The Bertz CT molecular complexity index is 937. The molecular formula is C21H17BrN2O. The zero-order chi connectivity index (χ0) is 17.4. The molecule has 0 spiro atoms. The molecule has 124 valence electrons. The molecule has 0 unspecified atom stereocenters. The Morgan fingerprint density at radius 3 is 2.36 bits per heavy atom. The summed E-state index contributed by atoms with van der Waals surface area (Å²) in [5.41, 5.74) is 4.72. The molecule has 1 amide bonds. The number of nitrogens with one attached hydrogen (secondary N) is 1. The summed E-state index contributed by atoms with van der Waals surface area (Å²) in [4.78, 5) is 14.9. The van der Waals surface area contributed by atoms with E-state index in [9.17, 15) is 4.79 Å². The lowest BCUT2D eigenvalue weighted by Crippen LogP contribution is -2.32. The maximum absolute atomic E-state index is 13.1. The molecule has 4 heteroatoms. The Morgan fingerprint density at radius 1 is 0.920 bits per heavy atom. The maximum atomic E-state index is 13.1. The van der Waals surface area contributed by atoms with Crippen LogP contribution in [-0.2, 0) is 0 Å². The molecule has 3 aromatic rings. The topological polar surface area (TPSA) is 32.3 Å². The first-order valence-electron chi connectivity index (χ1n) is 8.15. The molecule has 4 rings (SSSR count). The number of carbonyl (C=O) groups is 1. The van der Waals surface area contributed by atoms with Crippen molar-refractivity contribution in [2.24, 2.45) is 0 Å². The van der Waals surface area contributed by atoms with Crippen molar-refractivity contribution < 1.29 is 4.79 Å². The molecular weight excluding hydrogens is 376 g/mol. The summed E-state index contributed by atoms with van der Waals surface area (Å²) in [5, 5.41) is 3.51. The first-order valence-corrected chi connectivity index (χ1v) is 8.94. The van der Waals surface area contributed by atoms with Crippen molar-refractivity contribution in [1.29, 1.82) is 0 Å². The number of amides is 1. The molecule has 0 saturated carbocycles. The van der Waals surface area contributed by atoms with Gasteiger partial charge in [-0.05, 0) is 48.9 Å². The molecule has 0 aliphatic carbocycles. The fraction of sp³-hybridized carbons (Fsp3) is 0.0952. The average Bonchev–Trinajstić information content (AvgIpc) is 2.90. The van der Waals surface area contributed by atoms with E-state index in [1.165, 1.54) is 0 Å². The Morgan fingerprint density at radius 2 is 1.60 bits per heavy atom. The van der Waals surface area contributed by atoms with E-state index >= 15 is 0 Å². The predicted octanol–water partition coefficient (Wildman–Crippen LogP) is 5.53. The minimum Gasteiger partial charge on any atom is -0.361 e. The van der Waals surface area contributed by atoms with Gasteiger partial charge in [-0.1, -0.05) is 52.3 Å². The van der Waals surface area contributed by atoms with Gasteiger partial charge in [-0.3, -0.25) is 9.69 Å². The van der Waals surface area contributed by atoms with Crippen LogP contribution in [0.1, 0.15) is 27.7 Å². The summed E-state index contributed by atoms with van der Waals surface area (Å²) in [5.74, 6) is 0.0273. The highest BCUT2D eigenvalue weighted by Crippen LogP contribution is 2.39. The molecule has 0 saturated heterocycles. The van der Waals surface area contributed by atoms with E-state index in [0.717, 1.165) is 32.5 Å². The van der Waals surface area contributed by atoms with E-state index in [1.807, 2.05) is 84.6 Å². The quantitative estimate of drug-likeness (QED) is 0.635. The maximum Gasteiger partial charge on any atom is 0.260 e. The van der Waals surface area contributed by atoms with E-state index in [1.54, 1.807) is 0 Å². The van der Waals surface area contributed by atoms with Gasteiger partial charge >= 0.3 is 0 Å². The van der Waals surface area contributed by atoms with Gasteiger partial charge in [-0.25, -0.2) is 0 Å². The summed E-state index contributed by atoms with van der Waals surface area (Å²) in [6.45, 7) is 2.03. The molecule has 1 aliphatic heterocycles. The number of hydrogen-bond donors (Lipinski definition) is 1. The first kappa shape index (κ1) is 15.9. The van der Waals surface area contributed by atoms with Crippen LogP contribution in [0.3, 0.4) is 0 Å². The number of para-hydroxylation sites is 1. The average molecular weight is 393 g/mol. The van der Waals surface area contributed by atoms with Crippen LogP contribution >= 0.6 is 15.9 Å². The number of fused-ring (bicyclic) bond motifs is 1. The lowest BCUT2D eigenvalue weighted by molar-refractivity contribution is 0.0993. The Hall–Kier alpha value is -2.59. The fourth-order valence-corrected chi connectivity index (χ4v) is 3.51. The van der Waals surface area contributed by atoms with Crippen LogP contribution in [-0.4, -0.2) is 5.91 Å². The molecule has 0 bridgehead atoms. The van der Waals surface area contributed by atoms with Crippen molar-refractivity contribution in [2.75, 3.05) is 10.2 Å². The minimum absolute atomic E-state index is 0.0273. The SMILES string of the molecule is Cc1ccccc1N1C(=O)c2ccccc2[C@@H]1Nc1ccc(Br)cc1. The van der Waals surface area contributed by atoms with Crippen molar-refractivity contribution in [2.45, 2.75) is 13.1 Å². The van der Waals surface area contributed by atoms with Gasteiger partial charge < -0.3 is 5.32 Å². The number of aryl methyl sites for hydroxylation is 1. The molecule has 25 heavy (non-hydrogen) atoms. The van der Waals surface area contributed by atoms with E-state index in [-0.39, 0.29) is 12.1 Å². The van der Waals surface area contributed by atoms with Gasteiger partial charge in [0, 0.05) is 27.0 Å². The number of benzene rings is 3. The van der Waals surface area contributed by atoms with Crippen LogP contribution in [0, 0.1) is 6.92 Å². The molecule has 3 nitrogen and oxygen atoms in total. The standard InChI is InChI=1S/C21H17BrN2O/c1-14-6-2-5-9-19(14)24-20(23-16-12-10-15(22)11-13-16)17-7-3-4-8-18(17)21(24)25/h2-13,20,23H,1H3/t20-/m1/s1. The molecule has 1 N–H and O–H groups in total. The highest BCUT2D eigenvalue weighted by molar-refractivity contribution is 9.10. The van der Waals surface area contributed by atoms with Gasteiger partial charge in [0.25, 0.3) is 5.91 Å². The smallest absolute Gasteiger partial charge is 0.260 e. The summed E-state index contributed by atoms with van der Waals surface area (Å²) in [6.07, 6.45) is -0.231. The summed E-state index contributed by atoms with van der Waals surface area (Å²) in [7, 11) is 0. The molecule has 0 radical (unpaired) electrons. The third kappa shape index (κ3) is 2.83. The van der Waals surface area contributed by atoms with E-state index in [4.69, 9.17) is 0 Å². The van der Waals surface area contributed by atoms with Crippen LogP contribution in [0.15, 0.2) is 77.3 Å². The largest absolute Gasteiger partial charge is 0.361 e. The number of rotatable bonds is 3. The number of halogens is 1. The van der Waals surface area contributed by atoms with E-state index in [0.29, 0.717) is 0 Å². The number of hydrogen-bond acceptors (Lipinski definition) is 2. The van der Waals surface area contributed by atoms with Gasteiger partial charge in [0.15, 0.2) is 0 Å². The minimum atomic E-state index is -0.231. The van der Waals surface area contributed by atoms with Gasteiger partial charge in [0.05, 0.1) is 0 Å². The Balaban J connectivity index is 1.80. The Kier molecular flexibility index (Phi) is 4.06. The van der Waals surface area contributed by atoms with Gasteiger partial charge in [0.1, 0.15) is 6.17 Å². The summed E-state index contributed by atoms with van der Waals surface area (Å²) in [6, 6.07) is 23.8. The van der Waals surface area contributed by atoms with Crippen LogP contribution in [0.25, 0.3) is 0 Å². The molecule has 1 aliphatic rings. The summed E-state index contributed by atoms with van der Waals surface area (Å²) >= 11 is 3.46. The summed E-state index contributed by atoms with van der Waals surface area (Å²) < 4.78 is 1.02. The first-order chi connectivity index (χ1) is 12.1. The monoisotopic (exact) mass is 392 g/mol. The van der Waals surface area contributed by atoms with Crippen molar-refractivity contribution >= 4 is 33.2 Å². The lowest BCUT2D eigenvalue weighted by atomic mass is 10.1. The van der Waals surface area contributed by atoms with Crippen LogP contribution in [0.2, 0.25) is 0 Å². The normalized spacial score (nSPS) is 16.0. The second-order valence-corrected chi connectivity index (χ2v) is 7.02. The molecule has 1 heterocycles. The number of carbonyl (C=O) groups excluding carboxylic acids is 1. The van der Waals surface area contributed by atoms with Gasteiger partial charge in [-0.15, -0.1) is 0 Å². The van der Waals surface area contributed by atoms with Crippen molar-refractivity contribution in [3.8, 4) is 0 Å². The molecule has 1 atom stereocenters. The molecule has 0 fully saturated rings. The van der Waals surface area contributed by atoms with Crippen molar-refractivity contribution in [3.05, 3.63) is 94.0 Å². The lowest BCUT2D eigenvalue weighted by Gasteiger charge is -2.28. The zero-order valence-electron chi connectivity index (χ0n) is 13.7. The fourth-order valence-electron chi connectivity index (χ4n) is 3.24. The highest BCUT2D eigenvalue weighted by atomic mass is 79.9. The molecule has 3 aromatic carbocycles. The van der Waals surface area contributed by atoms with Crippen LogP contribution < -0.4 is 10.2 Å². The van der Waals surface area contributed by atoms with Crippen molar-refractivity contribution in [3.63, 3.8) is 0 Å². The predicted molar refractivity (Wildman–Crippen MR) is 105 cm³/mol. The van der Waals surface area contributed by atoms with E-state index in [2.05, 4.69) is 21.2 Å². The Labute approximate surface area is 155 Å². The van der Waals surface area contributed by atoms with Gasteiger partial charge in [0.2, 0.25) is 0 Å².